The van der Waals surface area contributed by atoms with E-state index in [1.807, 2.05) is 18.2 Å². The van der Waals surface area contributed by atoms with Crippen molar-refractivity contribution in [2.45, 2.75) is 18.8 Å². The fraction of sp³-hybridized carbons (Fsp3) is 0.240. The zero-order valence-electron chi connectivity index (χ0n) is 16.3. The zero-order chi connectivity index (χ0) is 19.5. The first-order chi connectivity index (χ1) is 14.4. The lowest BCUT2D eigenvalue weighted by Crippen LogP contribution is -2.28. The molecule has 0 fully saturated rings. The van der Waals surface area contributed by atoms with Gasteiger partial charge in [-0.15, -0.1) is 0 Å². The van der Waals surface area contributed by atoms with E-state index in [9.17, 15) is 0 Å². The van der Waals surface area contributed by atoms with E-state index >= 15 is 0 Å². The summed E-state index contributed by atoms with van der Waals surface area (Å²) in [5.74, 6) is 2.17. The number of nitrogens with zero attached hydrogens (tertiary/aromatic N) is 2. The van der Waals surface area contributed by atoms with Gasteiger partial charge in [0.05, 0.1) is 6.54 Å². The van der Waals surface area contributed by atoms with Crippen molar-refractivity contribution in [1.82, 2.24) is 5.16 Å². The standard InChI is InChI=1S/C25H24N2O2/c1-3-9-19(10-4-1)21(20-11-5-2-6-12-20)13-8-16-27-17-18-28-22-14-7-15-23-24(22)25(27)26-29-23/h1-7,9-12,14-15,21H,8,13,16-18H2. The SMILES string of the molecule is c1ccc(C(CCCN2CCOc3cccc4onc2c34)c2ccccc2)cc1. The van der Waals surface area contributed by atoms with Crippen LogP contribution < -0.4 is 9.64 Å². The van der Waals surface area contributed by atoms with Gasteiger partial charge in [0, 0.05) is 12.5 Å². The van der Waals surface area contributed by atoms with Crippen LogP contribution >= 0.6 is 0 Å². The van der Waals surface area contributed by atoms with E-state index in [1.165, 1.54) is 11.1 Å². The number of rotatable bonds is 6. The maximum Gasteiger partial charge on any atom is 0.183 e. The largest absolute Gasteiger partial charge is 0.491 e. The molecule has 0 N–H and O–H groups in total. The number of anilines is 1. The number of aromatic nitrogens is 1. The summed E-state index contributed by atoms with van der Waals surface area (Å²) in [5, 5.41) is 5.35. The summed E-state index contributed by atoms with van der Waals surface area (Å²) in [5.41, 5.74) is 3.52. The smallest absolute Gasteiger partial charge is 0.183 e. The summed E-state index contributed by atoms with van der Waals surface area (Å²) >= 11 is 0. The third-order valence-electron chi connectivity index (χ3n) is 5.69. The Kier molecular flexibility index (Phi) is 4.91. The highest BCUT2D eigenvalue weighted by atomic mass is 16.5. The Balaban J connectivity index is 1.35. The minimum Gasteiger partial charge on any atom is -0.491 e. The van der Waals surface area contributed by atoms with Crippen LogP contribution in [-0.4, -0.2) is 24.9 Å². The zero-order valence-corrected chi connectivity index (χ0v) is 16.3. The first-order valence-electron chi connectivity index (χ1n) is 10.3. The average Bonchev–Trinajstić information content (AvgIpc) is 3.13. The first-order valence-corrected chi connectivity index (χ1v) is 10.3. The second-order valence-electron chi connectivity index (χ2n) is 7.49. The van der Waals surface area contributed by atoms with E-state index in [4.69, 9.17) is 9.26 Å². The molecule has 0 spiro atoms. The molecule has 0 aliphatic carbocycles. The molecular weight excluding hydrogens is 360 g/mol. The molecule has 0 bridgehead atoms. The Bertz CT molecular complexity index is 1040. The van der Waals surface area contributed by atoms with E-state index in [2.05, 4.69) is 70.7 Å². The van der Waals surface area contributed by atoms with Gasteiger partial charge in [-0.1, -0.05) is 71.9 Å². The molecule has 4 heteroatoms. The van der Waals surface area contributed by atoms with Crippen molar-refractivity contribution in [3.63, 3.8) is 0 Å². The lowest BCUT2D eigenvalue weighted by molar-refractivity contribution is 0.328. The van der Waals surface area contributed by atoms with Crippen LogP contribution in [0, 0.1) is 0 Å². The van der Waals surface area contributed by atoms with Crippen molar-refractivity contribution >= 4 is 16.8 Å². The maximum absolute atomic E-state index is 5.93. The van der Waals surface area contributed by atoms with Crippen molar-refractivity contribution in [2.24, 2.45) is 0 Å². The van der Waals surface area contributed by atoms with Crippen LogP contribution in [0.3, 0.4) is 0 Å². The normalized spacial score (nSPS) is 13.5. The third kappa shape index (κ3) is 3.58. The lowest BCUT2D eigenvalue weighted by Gasteiger charge is -2.23. The van der Waals surface area contributed by atoms with Gasteiger partial charge in [-0.25, -0.2) is 0 Å². The van der Waals surface area contributed by atoms with Gasteiger partial charge in [-0.05, 0) is 36.1 Å². The summed E-state index contributed by atoms with van der Waals surface area (Å²) in [7, 11) is 0. The molecule has 0 saturated heterocycles. The molecule has 4 nitrogen and oxygen atoms in total. The number of hydrogen-bond acceptors (Lipinski definition) is 4. The van der Waals surface area contributed by atoms with Crippen LogP contribution in [0.15, 0.2) is 83.4 Å². The monoisotopic (exact) mass is 384 g/mol. The Hall–Kier alpha value is -3.27. The minimum absolute atomic E-state index is 0.394. The molecule has 4 aromatic rings. The quantitative estimate of drug-likeness (QED) is 0.431. The molecule has 5 rings (SSSR count). The average molecular weight is 384 g/mol. The highest BCUT2D eigenvalue weighted by Crippen LogP contribution is 2.36. The summed E-state index contributed by atoms with van der Waals surface area (Å²) in [6.07, 6.45) is 2.14. The van der Waals surface area contributed by atoms with E-state index in [0.717, 1.165) is 48.5 Å². The lowest BCUT2D eigenvalue weighted by atomic mass is 9.87. The Morgan fingerprint density at radius 3 is 2.31 bits per heavy atom. The van der Waals surface area contributed by atoms with Gasteiger partial charge in [0.15, 0.2) is 11.4 Å². The van der Waals surface area contributed by atoms with Crippen LogP contribution in [0.25, 0.3) is 11.0 Å². The van der Waals surface area contributed by atoms with Gasteiger partial charge >= 0.3 is 0 Å². The van der Waals surface area contributed by atoms with Gasteiger partial charge in [-0.3, -0.25) is 0 Å². The Morgan fingerprint density at radius 1 is 0.862 bits per heavy atom. The van der Waals surface area contributed by atoms with Crippen molar-refractivity contribution < 1.29 is 9.26 Å². The summed E-state index contributed by atoms with van der Waals surface area (Å²) < 4.78 is 11.5. The summed E-state index contributed by atoms with van der Waals surface area (Å²) in [6.45, 7) is 2.41. The highest BCUT2D eigenvalue weighted by molar-refractivity contribution is 5.94. The molecule has 0 radical (unpaired) electrons. The number of ether oxygens (including phenoxy) is 1. The second kappa shape index (κ2) is 8.00. The van der Waals surface area contributed by atoms with Crippen LogP contribution in [0.5, 0.6) is 5.75 Å². The van der Waals surface area contributed by atoms with Gasteiger partial charge < -0.3 is 14.2 Å². The highest BCUT2D eigenvalue weighted by Gasteiger charge is 2.23. The maximum atomic E-state index is 5.93. The molecule has 2 heterocycles. The van der Waals surface area contributed by atoms with Crippen LogP contribution in [0.1, 0.15) is 29.9 Å². The van der Waals surface area contributed by atoms with Crippen molar-refractivity contribution in [1.29, 1.82) is 0 Å². The Morgan fingerprint density at radius 2 is 1.59 bits per heavy atom. The first kappa shape index (κ1) is 17.8. The van der Waals surface area contributed by atoms with Gasteiger partial charge in [0.25, 0.3) is 0 Å². The van der Waals surface area contributed by atoms with E-state index in [-0.39, 0.29) is 0 Å². The topological polar surface area (TPSA) is 38.5 Å². The summed E-state index contributed by atoms with van der Waals surface area (Å²) in [4.78, 5) is 2.30. The van der Waals surface area contributed by atoms with Crippen molar-refractivity contribution in [3.05, 3.63) is 90.0 Å². The molecule has 29 heavy (non-hydrogen) atoms. The van der Waals surface area contributed by atoms with Gasteiger partial charge in [-0.2, -0.15) is 0 Å². The molecule has 0 amide bonds. The summed E-state index contributed by atoms with van der Waals surface area (Å²) in [6, 6.07) is 27.5. The van der Waals surface area contributed by atoms with Gasteiger partial charge in [0.2, 0.25) is 0 Å². The van der Waals surface area contributed by atoms with Crippen LogP contribution in [0.4, 0.5) is 5.82 Å². The molecule has 146 valence electrons. The van der Waals surface area contributed by atoms with E-state index < -0.39 is 0 Å². The fourth-order valence-electron chi connectivity index (χ4n) is 4.25. The minimum atomic E-state index is 0.394. The molecule has 0 saturated carbocycles. The van der Waals surface area contributed by atoms with Crippen molar-refractivity contribution in [3.8, 4) is 5.75 Å². The van der Waals surface area contributed by atoms with Crippen LogP contribution in [-0.2, 0) is 0 Å². The molecule has 0 unspecified atom stereocenters. The molecule has 0 atom stereocenters. The number of hydrogen-bond donors (Lipinski definition) is 0. The predicted octanol–water partition coefficient (Wildman–Crippen LogP) is 5.64. The van der Waals surface area contributed by atoms with E-state index in [0.29, 0.717) is 12.5 Å². The third-order valence-corrected chi connectivity index (χ3v) is 5.69. The second-order valence-corrected chi connectivity index (χ2v) is 7.49. The number of benzene rings is 3. The molecule has 1 aliphatic heterocycles. The van der Waals surface area contributed by atoms with Crippen molar-refractivity contribution in [2.75, 3.05) is 24.6 Å². The van der Waals surface area contributed by atoms with Gasteiger partial charge in [0.1, 0.15) is 17.7 Å². The van der Waals surface area contributed by atoms with E-state index in [1.54, 1.807) is 0 Å². The molecule has 1 aliphatic rings. The fourth-order valence-corrected chi connectivity index (χ4v) is 4.25. The molecule has 1 aromatic heterocycles. The molecule has 3 aromatic carbocycles. The van der Waals surface area contributed by atoms with Crippen LogP contribution in [0.2, 0.25) is 0 Å². The predicted molar refractivity (Wildman–Crippen MR) is 116 cm³/mol. The molecular formula is C25H24N2O2. The Labute approximate surface area is 170 Å².